The normalized spacial score (nSPS) is 14.2. The van der Waals surface area contributed by atoms with E-state index in [0.717, 1.165) is 41.1 Å². The van der Waals surface area contributed by atoms with E-state index in [-0.39, 0.29) is 0 Å². The van der Waals surface area contributed by atoms with E-state index in [2.05, 4.69) is 40.7 Å². The Morgan fingerprint density at radius 1 is 0.867 bits per heavy atom. The summed E-state index contributed by atoms with van der Waals surface area (Å²) < 4.78 is 5.90. The van der Waals surface area contributed by atoms with Crippen LogP contribution in [0, 0.1) is 31.6 Å². The van der Waals surface area contributed by atoms with Gasteiger partial charge in [-0.1, -0.05) is 78.2 Å². The summed E-state index contributed by atoms with van der Waals surface area (Å²) in [5, 5.41) is 9.75. The summed E-state index contributed by atoms with van der Waals surface area (Å²) >= 11 is 0. The Bertz CT molecular complexity index is 630. The van der Waals surface area contributed by atoms with Crippen molar-refractivity contribution in [2.45, 2.75) is 106 Å². The first kappa shape index (κ1) is 26.6. The van der Waals surface area contributed by atoms with Crippen LogP contribution in [-0.4, -0.2) is 11.7 Å². The number of phenolic OH excluding ortho intramolecular Hbond substituents is 1. The molecule has 0 fully saturated rings. The van der Waals surface area contributed by atoms with E-state index in [4.69, 9.17) is 4.74 Å². The molecule has 0 spiro atoms. The fourth-order valence-corrected chi connectivity index (χ4v) is 4.02. The molecule has 0 aliphatic heterocycles. The lowest BCUT2D eigenvalue weighted by atomic mass is 9.91. The number of aromatic hydroxyl groups is 1. The molecular weight excluding hydrogens is 368 g/mol. The first-order valence-corrected chi connectivity index (χ1v) is 12.3. The maximum absolute atomic E-state index is 9.75. The second-order valence-corrected chi connectivity index (χ2v) is 10.1. The molecule has 172 valence electrons. The van der Waals surface area contributed by atoms with Gasteiger partial charge in [-0.2, -0.15) is 0 Å². The van der Waals surface area contributed by atoms with Crippen LogP contribution in [0.15, 0.2) is 23.8 Å². The number of hydrogen-bond acceptors (Lipinski definition) is 2. The van der Waals surface area contributed by atoms with Gasteiger partial charge in [0.25, 0.3) is 0 Å². The lowest BCUT2D eigenvalue weighted by Crippen LogP contribution is -2.00. The highest BCUT2D eigenvalue weighted by Crippen LogP contribution is 2.28. The summed E-state index contributed by atoms with van der Waals surface area (Å²) in [5.74, 6) is 3.77. The third kappa shape index (κ3) is 11.1. The molecule has 0 aliphatic carbocycles. The maximum atomic E-state index is 9.75. The van der Waals surface area contributed by atoms with E-state index < -0.39 is 0 Å². The Morgan fingerprint density at radius 3 is 2.03 bits per heavy atom. The molecule has 1 rings (SSSR count). The van der Waals surface area contributed by atoms with Gasteiger partial charge in [-0.3, -0.25) is 0 Å². The zero-order valence-corrected chi connectivity index (χ0v) is 20.9. The van der Waals surface area contributed by atoms with Gasteiger partial charge in [0.1, 0.15) is 18.1 Å². The summed E-state index contributed by atoms with van der Waals surface area (Å²) in [6.45, 7) is 16.2. The number of ether oxygens (including phenoxy) is 1. The van der Waals surface area contributed by atoms with E-state index in [9.17, 15) is 5.11 Å². The Labute approximate surface area is 187 Å². The van der Waals surface area contributed by atoms with Gasteiger partial charge in [0, 0.05) is 0 Å². The number of hydrogen-bond donors (Lipinski definition) is 1. The highest BCUT2D eigenvalue weighted by atomic mass is 16.5. The topological polar surface area (TPSA) is 29.5 Å². The highest BCUT2D eigenvalue weighted by Gasteiger charge is 2.07. The van der Waals surface area contributed by atoms with E-state index in [1.165, 1.54) is 56.9 Å². The summed E-state index contributed by atoms with van der Waals surface area (Å²) in [7, 11) is 0. The van der Waals surface area contributed by atoms with Crippen molar-refractivity contribution in [1.29, 1.82) is 0 Å². The summed E-state index contributed by atoms with van der Waals surface area (Å²) in [5.41, 5.74) is 3.32. The van der Waals surface area contributed by atoms with Crippen molar-refractivity contribution in [2.24, 2.45) is 17.8 Å². The fraction of sp³-hybridized carbons (Fsp3) is 0.714. The summed E-state index contributed by atoms with van der Waals surface area (Å²) in [6, 6.07) is 3.57. The Balaban J connectivity index is 2.16. The molecule has 0 aliphatic rings. The van der Waals surface area contributed by atoms with Gasteiger partial charge in [-0.25, -0.2) is 0 Å². The molecule has 0 saturated heterocycles. The lowest BCUT2D eigenvalue weighted by Gasteiger charge is -2.15. The minimum absolute atomic E-state index is 0.335. The highest BCUT2D eigenvalue weighted by molar-refractivity contribution is 5.46. The van der Waals surface area contributed by atoms with E-state index in [1.54, 1.807) is 6.07 Å². The van der Waals surface area contributed by atoms with Crippen molar-refractivity contribution in [3.63, 3.8) is 0 Å². The molecule has 1 N–H and O–H groups in total. The third-order valence-electron chi connectivity index (χ3n) is 6.52. The second kappa shape index (κ2) is 14.5. The molecule has 0 unspecified atom stereocenters. The van der Waals surface area contributed by atoms with Crippen molar-refractivity contribution in [1.82, 2.24) is 0 Å². The minimum atomic E-state index is 0.335. The standard InChI is InChI=1S/C28H48O2/c1-21(2)11-8-12-22(3)13-9-14-23(4)15-10-16-24(5)19-20-30-28-18-17-27(29)25(6)26(28)7/h17-19,21-23,29H,8-16,20H2,1-7H3/t22-,23-/m1/s1. The van der Waals surface area contributed by atoms with Gasteiger partial charge in [0.15, 0.2) is 0 Å². The van der Waals surface area contributed by atoms with Crippen LogP contribution in [0.4, 0.5) is 0 Å². The second-order valence-electron chi connectivity index (χ2n) is 10.1. The van der Waals surface area contributed by atoms with Crippen molar-refractivity contribution in [2.75, 3.05) is 6.61 Å². The van der Waals surface area contributed by atoms with Gasteiger partial charge in [-0.15, -0.1) is 0 Å². The molecule has 30 heavy (non-hydrogen) atoms. The molecule has 0 saturated carbocycles. The lowest BCUT2D eigenvalue weighted by molar-refractivity contribution is 0.357. The fourth-order valence-electron chi connectivity index (χ4n) is 4.02. The quantitative estimate of drug-likeness (QED) is 0.289. The molecule has 2 nitrogen and oxygen atoms in total. The largest absolute Gasteiger partial charge is 0.508 e. The molecule has 0 heterocycles. The number of phenols is 1. The first-order chi connectivity index (χ1) is 14.2. The van der Waals surface area contributed by atoms with Crippen molar-refractivity contribution < 1.29 is 9.84 Å². The summed E-state index contributed by atoms with van der Waals surface area (Å²) in [6.07, 6.45) is 14.3. The van der Waals surface area contributed by atoms with Crippen molar-refractivity contribution >= 4 is 0 Å². The molecule has 2 atom stereocenters. The van der Waals surface area contributed by atoms with Gasteiger partial charge in [0.05, 0.1) is 0 Å². The van der Waals surface area contributed by atoms with Crippen LogP contribution in [0.25, 0.3) is 0 Å². The van der Waals surface area contributed by atoms with Gasteiger partial charge in [-0.05, 0) is 80.7 Å². The monoisotopic (exact) mass is 416 g/mol. The number of rotatable bonds is 15. The zero-order chi connectivity index (χ0) is 22.5. The Morgan fingerprint density at radius 2 is 1.43 bits per heavy atom. The first-order valence-electron chi connectivity index (χ1n) is 12.3. The van der Waals surface area contributed by atoms with Crippen LogP contribution in [-0.2, 0) is 0 Å². The Kier molecular flexibility index (Phi) is 12.9. The number of allylic oxidation sites excluding steroid dienone is 1. The summed E-state index contributed by atoms with van der Waals surface area (Å²) in [4.78, 5) is 0. The van der Waals surface area contributed by atoms with Gasteiger partial charge in [0.2, 0.25) is 0 Å². The van der Waals surface area contributed by atoms with Crippen LogP contribution in [0.1, 0.15) is 104 Å². The molecule has 0 radical (unpaired) electrons. The van der Waals surface area contributed by atoms with Crippen LogP contribution in [0.2, 0.25) is 0 Å². The van der Waals surface area contributed by atoms with Gasteiger partial charge >= 0.3 is 0 Å². The average molecular weight is 417 g/mol. The van der Waals surface area contributed by atoms with Crippen LogP contribution < -0.4 is 4.74 Å². The van der Waals surface area contributed by atoms with E-state index in [1.807, 2.05) is 19.9 Å². The Hall–Kier alpha value is -1.44. The van der Waals surface area contributed by atoms with Crippen molar-refractivity contribution in [3.8, 4) is 11.5 Å². The predicted molar refractivity (Wildman–Crippen MR) is 132 cm³/mol. The van der Waals surface area contributed by atoms with Crippen LogP contribution in [0.5, 0.6) is 11.5 Å². The average Bonchev–Trinajstić information content (AvgIpc) is 2.67. The van der Waals surface area contributed by atoms with Crippen LogP contribution in [0.3, 0.4) is 0 Å². The maximum Gasteiger partial charge on any atom is 0.123 e. The van der Waals surface area contributed by atoms with Gasteiger partial charge < -0.3 is 9.84 Å². The van der Waals surface area contributed by atoms with Crippen LogP contribution >= 0.6 is 0 Å². The number of benzene rings is 1. The molecule has 0 bridgehead atoms. The molecular formula is C28H48O2. The van der Waals surface area contributed by atoms with E-state index in [0.29, 0.717) is 12.4 Å². The zero-order valence-electron chi connectivity index (χ0n) is 20.9. The smallest absolute Gasteiger partial charge is 0.123 e. The molecule has 0 amide bonds. The molecule has 1 aromatic carbocycles. The minimum Gasteiger partial charge on any atom is -0.508 e. The molecule has 1 aromatic rings. The molecule has 0 aromatic heterocycles. The molecule has 2 heteroatoms. The third-order valence-corrected chi connectivity index (χ3v) is 6.52. The van der Waals surface area contributed by atoms with E-state index >= 15 is 0 Å². The van der Waals surface area contributed by atoms with Crippen molar-refractivity contribution in [3.05, 3.63) is 34.9 Å². The SMILES string of the molecule is CC(=CCOc1ccc(O)c(C)c1C)CCC[C@H](C)CCC[C@H](C)CCCC(C)C. The predicted octanol–water partition coefficient (Wildman–Crippen LogP) is 8.77.